The van der Waals surface area contributed by atoms with Gasteiger partial charge in [-0.25, -0.2) is 4.39 Å². The molecule has 2 rings (SSSR count). The maximum Gasteiger partial charge on any atom is 0.292 e. The molecule has 0 bridgehead atoms. The van der Waals surface area contributed by atoms with Gasteiger partial charge in [-0.2, -0.15) is 0 Å². The monoisotopic (exact) mass is 325 g/mol. The maximum atomic E-state index is 13.1. The minimum Gasteiger partial charge on any atom is -0.374 e. The summed E-state index contributed by atoms with van der Waals surface area (Å²) in [6.07, 6.45) is 1.62. The molecule has 0 fully saturated rings. The summed E-state index contributed by atoms with van der Waals surface area (Å²) in [5.41, 5.74) is 0.662. The van der Waals surface area contributed by atoms with E-state index in [-0.39, 0.29) is 17.9 Å². The van der Waals surface area contributed by atoms with E-state index in [2.05, 4.69) is 26.2 Å². The lowest BCUT2D eigenvalue weighted by Gasteiger charge is -2.06. The Hall–Kier alpha value is -2.02. The average Bonchev–Trinajstić information content (AvgIpc) is 2.38. The number of pyridine rings is 1. The lowest BCUT2D eigenvalue weighted by Crippen LogP contribution is -2.04. The number of nitrogens with one attached hydrogen (secondary N) is 1. The minimum absolute atomic E-state index is 0.134. The molecule has 0 amide bonds. The zero-order chi connectivity index (χ0) is 13.8. The summed E-state index contributed by atoms with van der Waals surface area (Å²) in [6, 6.07) is 6.86. The van der Waals surface area contributed by atoms with E-state index in [1.165, 1.54) is 0 Å². The van der Waals surface area contributed by atoms with E-state index >= 15 is 0 Å². The summed E-state index contributed by atoms with van der Waals surface area (Å²) >= 11 is 3.26. The number of anilines is 1. The quantitative estimate of drug-likeness (QED) is 0.690. The highest BCUT2D eigenvalue weighted by Crippen LogP contribution is 2.25. The van der Waals surface area contributed by atoms with Crippen LogP contribution in [-0.2, 0) is 6.54 Å². The van der Waals surface area contributed by atoms with Gasteiger partial charge in [0.2, 0.25) is 0 Å². The normalized spacial score (nSPS) is 10.2. The lowest BCUT2D eigenvalue weighted by atomic mass is 10.2. The summed E-state index contributed by atoms with van der Waals surface area (Å²) < 4.78 is 13.9. The van der Waals surface area contributed by atoms with Crippen LogP contribution in [0.2, 0.25) is 0 Å². The van der Waals surface area contributed by atoms with Gasteiger partial charge in [0.05, 0.1) is 17.2 Å². The number of aromatic nitrogens is 1. The number of nitro benzene ring substituents is 1. The molecule has 0 aliphatic carbocycles. The SMILES string of the molecule is O=[N+]([O-])c1ccc(F)cc1NCc1ccc(Br)cn1. The zero-order valence-corrected chi connectivity index (χ0v) is 11.2. The third-order valence-corrected chi connectivity index (χ3v) is 2.87. The Morgan fingerprint density at radius 1 is 1.37 bits per heavy atom. The van der Waals surface area contributed by atoms with E-state index in [0.29, 0.717) is 5.69 Å². The van der Waals surface area contributed by atoms with Crippen molar-refractivity contribution in [2.24, 2.45) is 0 Å². The summed E-state index contributed by atoms with van der Waals surface area (Å²) in [7, 11) is 0. The number of halogens is 2. The van der Waals surface area contributed by atoms with Crippen LogP contribution < -0.4 is 5.32 Å². The minimum atomic E-state index is -0.559. The van der Waals surface area contributed by atoms with E-state index in [4.69, 9.17) is 0 Å². The Bertz CT molecular complexity index is 604. The first-order valence-electron chi connectivity index (χ1n) is 5.34. The highest BCUT2D eigenvalue weighted by atomic mass is 79.9. The van der Waals surface area contributed by atoms with Crippen molar-refractivity contribution < 1.29 is 9.31 Å². The van der Waals surface area contributed by atoms with Gasteiger partial charge in [0, 0.05) is 22.8 Å². The predicted octanol–water partition coefficient (Wildman–Crippen LogP) is 3.50. The molecule has 1 N–H and O–H groups in total. The van der Waals surface area contributed by atoms with Crippen LogP contribution in [0.4, 0.5) is 15.8 Å². The van der Waals surface area contributed by atoms with Gasteiger partial charge in [-0.1, -0.05) is 0 Å². The van der Waals surface area contributed by atoms with Crippen molar-refractivity contribution in [3.63, 3.8) is 0 Å². The van der Waals surface area contributed by atoms with Crippen LogP contribution in [0.25, 0.3) is 0 Å². The van der Waals surface area contributed by atoms with Gasteiger partial charge < -0.3 is 5.32 Å². The molecule has 1 aromatic heterocycles. The Balaban J connectivity index is 2.16. The third kappa shape index (κ3) is 3.47. The number of nitrogens with zero attached hydrogens (tertiary/aromatic N) is 2. The molecule has 0 saturated carbocycles. The van der Waals surface area contributed by atoms with Gasteiger partial charge in [-0.3, -0.25) is 15.1 Å². The molecule has 1 heterocycles. The van der Waals surface area contributed by atoms with Gasteiger partial charge in [-0.05, 0) is 34.1 Å². The number of hydrogen-bond acceptors (Lipinski definition) is 4. The molecule has 1 aromatic carbocycles. The van der Waals surface area contributed by atoms with E-state index in [0.717, 1.165) is 22.7 Å². The molecule has 0 atom stereocenters. The Kier molecular flexibility index (Phi) is 4.06. The van der Waals surface area contributed by atoms with Crippen molar-refractivity contribution >= 4 is 27.3 Å². The van der Waals surface area contributed by atoms with E-state index < -0.39 is 10.7 Å². The number of nitro groups is 1. The van der Waals surface area contributed by atoms with Crippen LogP contribution in [0.5, 0.6) is 0 Å². The van der Waals surface area contributed by atoms with Crippen LogP contribution >= 0.6 is 15.9 Å². The lowest BCUT2D eigenvalue weighted by molar-refractivity contribution is -0.384. The van der Waals surface area contributed by atoms with Gasteiger partial charge in [-0.15, -0.1) is 0 Å². The number of rotatable bonds is 4. The summed E-state index contributed by atoms with van der Waals surface area (Å²) in [5.74, 6) is -0.531. The van der Waals surface area contributed by atoms with E-state index in [1.807, 2.05) is 6.07 Å². The van der Waals surface area contributed by atoms with Crippen LogP contribution in [-0.4, -0.2) is 9.91 Å². The second-order valence-corrected chi connectivity index (χ2v) is 4.66. The molecule has 98 valence electrons. The van der Waals surface area contributed by atoms with Crippen LogP contribution in [0.3, 0.4) is 0 Å². The fourth-order valence-corrected chi connectivity index (χ4v) is 1.74. The van der Waals surface area contributed by atoms with Crippen molar-refractivity contribution in [1.82, 2.24) is 4.98 Å². The smallest absolute Gasteiger partial charge is 0.292 e. The Morgan fingerprint density at radius 2 is 2.16 bits per heavy atom. The van der Waals surface area contributed by atoms with Crippen molar-refractivity contribution in [3.8, 4) is 0 Å². The fraction of sp³-hybridized carbons (Fsp3) is 0.0833. The first kappa shape index (κ1) is 13.4. The van der Waals surface area contributed by atoms with Crippen LogP contribution in [0, 0.1) is 15.9 Å². The topological polar surface area (TPSA) is 68.1 Å². The average molecular weight is 326 g/mol. The molecular weight excluding hydrogens is 317 g/mol. The highest BCUT2D eigenvalue weighted by Gasteiger charge is 2.14. The van der Waals surface area contributed by atoms with Gasteiger partial charge in [0.1, 0.15) is 11.5 Å². The van der Waals surface area contributed by atoms with Crippen LogP contribution in [0.15, 0.2) is 41.0 Å². The van der Waals surface area contributed by atoms with Crippen LogP contribution in [0.1, 0.15) is 5.69 Å². The van der Waals surface area contributed by atoms with E-state index in [9.17, 15) is 14.5 Å². The molecule has 0 spiro atoms. The molecule has 0 aliphatic heterocycles. The molecule has 19 heavy (non-hydrogen) atoms. The summed E-state index contributed by atoms with van der Waals surface area (Å²) in [6.45, 7) is 0.275. The first-order valence-corrected chi connectivity index (χ1v) is 6.14. The number of benzene rings is 1. The van der Waals surface area contributed by atoms with Gasteiger partial charge in [0.25, 0.3) is 5.69 Å². The fourth-order valence-electron chi connectivity index (χ4n) is 1.51. The Morgan fingerprint density at radius 3 is 2.79 bits per heavy atom. The van der Waals surface area contributed by atoms with Crippen molar-refractivity contribution in [2.45, 2.75) is 6.54 Å². The Labute approximate surface area is 116 Å². The van der Waals surface area contributed by atoms with Crippen molar-refractivity contribution in [1.29, 1.82) is 0 Å². The van der Waals surface area contributed by atoms with Crippen molar-refractivity contribution in [2.75, 3.05) is 5.32 Å². The van der Waals surface area contributed by atoms with Crippen molar-refractivity contribution in [3.05, 3.63) is 62.6 Å². The van der Waals surface area contributed by atoms with E-state index in [1.54, 1.807) is 12.3 Å². The summed E-state index contributed by atoms with van der Waals surface area (Å²) in [5, 5.41) is 13.6. The number of hydrogen-bond donors (Lipinski definition) is 1. The molecule has 2 aromatic rings. The highest BCUT2D eigenvalue weighted by molar-refractivity contribution is 9.10. The molecular formula is C12H9BrFN3O2. The largest absolute Gasteiger partial charge is 0.374 e. The molecule has 0 saturated heterocycles. The second-order valence-electron chi connectivity index (χ2n) is 3.74. The second kappa shape index (κ2) is 5.75. The third-order valence-electron chi connectivity index (χ3n) is 2.40. The summed E-state index contributed by atoms with van der Waals surface area (Å²) in [4.78, 5) is 14.4. The van der Waals surface area contributed by atoms with Gasteiger partial charge in [0.15, 0.2) is 0 Å². The maximum absolute atomic E-state index is 13.1. The predicted molar refractivity (Wildman–Crippen MR) is 72.3 cm³/mol. The molecule has 0 unspecified atom stereocenters. The molecule has 5 nitrogen and oxygen atoms in total. The molecule has 0 aliphatic rings. The van der Waals surface area contributed by atoms with Gasteiger partial charge >= 0.3 is 0 Å². The standard InChI is InChI=1S/C12H9BrFN3O2/c13-8-1-3-10(15-6-8)7-16-11-5-9(14)2-4-12(11)17(18)19/h1-6,16H,7H2. The first-order chi connectivity index (χ1) is 9.06. The molecule has 7 heteroatoms. The zero-order valence-electron chi connectivity index (χ0n) is 9.64. The molecule has 0 radical (unpaired) electrons.